The predicted octanol–water partition coefficient (Wildman–Crippen LogP) is -0.727. The molecule has 1 saturated heterocycles. The van der Waals surface area contributed by atoms with Crippen LogP contribution in [0.25, 0.3) is 0 Å². The summed E-state index contributed by atoms with van der Waals surface area (Å²) in [6, 6.07) is -1.33. The minimum atomic E-state index is -0.802. The fraction of sp³-hybridized carbons (Fsp3) is 0.800. The summed E-state index contributed by atoms with van der Waals surface area (Å²) in [5.41, 5.74) is 4.21. The minimum absolute atomic E-state index is 0.0365. The van der Waals surface area contributed by atoms with Crippen molar-refractivity contribution in [1.82, 2.24) is 10.2 Å². The van der Waals surface area contributed by atoms with Crippen molar-refractivity contribution in [2.24, 2.45) is 11.7 Å². The first-order valence-electron chi connectivity index (χ1n) is 5.30. The van der Waals surface area contributed by atoms with Crippen molar-refractivity contribution in [1.29, 1.82) is 0 Å². The van der Waals surface area contributed by atoms with Crippen molar-refractivity contribution in [3.63, 3.8) is 0 Å². The Morgan fingerprint density at radius 2 is 1.94 bits per heavy atom. The quantitative estimate of drug-likeness (QED) is 0.595. The number of nitrogens with zero attached hydrogens (tertiary/aromatic N) is 1. The molecule has 0 saturated carbocycles. The van der Waals surface area contributed by atoms with Gasteiger partial charge in [0.15, 0.2) is 0 Å². The van der Waals surface area contributed by atoms with Gasteiger partial charge in [-0.1, -0.05) is 13.8 Å². The van der Waals surface area contributed by atoms with Crippen molar-refractivity contribution >= 4 is 11.9 Å². The standard InChI is InChI=1S/C10H19N3O3/c1-6(2)7(12-9(11)15)8(14)13-4-10(3,16)5-13/h6-7,16H,4-5H2,1-3H3,(H3,11,12,15). The molecule has 1 fully saturated rings. The number of aliphatic hydroxyl groups is 1. The number of rotatable bonds is 3. The Balaban J connectivity index is 2.59. The molecule has 1 rings (SSSR count). The number of likely N-dealkylation sites (tertiary alicyclic amines) is 1. The maximum Gasteiger partial charge on any atom is 0.312 e. The van der Waals surface area contributed by atoms with Gasteiger partial charge in [0.2, 0.25) is 5.91 Å². The molecule has 0 aliphatic carbocycles. The van der Waals surface area contributed by atoms with Crippen LogP contribution in [0.3, 0.4) is 0 Å². The maximum atomic E-state index is 11.9. The second kappa shape index (κ2) is 4.29. The van der Waals surface area contributed by atoms with Crippen LogP contribution in [0.4, 0.5) is 4.79 Å². The van der Waals surface area contributed by atoms with Crippen LogP contribution in [0, 0.1) is 5.92 Å². The van der Waals surface area contributed by atoms with Gasteiger partial charge in [-0.05, 0) is 12.8 Å². The van der Waals surface area contributed by atoms with E-state index >= 15 is 0 Å². The molecule has 0 aromatic rings. The molecule has 3 amide bonds. The smallest absolute Gasteiger partial charge is 0.312 e. The summed E-state index contributed by atoms with van der Waals surface area (Å²) in [5, 5.41) is 12.0. The van der Waals surface area contributed by atoms with Gasteiger partial charge in [-0.15, -0.1) is 0 Å². The third-order valence-corrected chi connectivity index (χ3v) is 2.61. The van der Waals surface area contributed by atoms with E-state index in [9.17, 15) is 14.7 Å². The van der Waals surface area contributed by atoms with E-state index in [-0.39, 0.29) is 11.8 Å². The van der Waals surface area contributed by atoms with Crippen molar-refractivity contribution in [2.75, 3.05) is 13.1 Å². The van der Waals surface area contributed by atoms with Crippen molar-refractivity contribution in [2.45, 2.75) is 32.4 Å². The Morgan fingerprint density at radius 3 is 2.25 bits per heavy atom. The van der Waals surface area contributed by atoms with Gasteiger partial charge in [-0.2, -0.15) is 0 Å². The molecule has 0 aromatic heterocycles. The molecule has 1 aliphatic rings. The Hall–Kier alpha value is -1.30. The van der Waals surface area contributed by atoms with E-state index in [4.69, 9.17) is 5.73 Å². The number of nitrogens with two attached hydrogens (primary N) is 1. The van der Waals surface area contributed by atoms with Gasteiger partial charge < -0.3 is 21.1 Å². The highest BCUT2D eigenvalue weighted by Gasteiger charge is 2.42. The van der Waals surface area contributed by atoms with Gasteiger partial charge >= 0.3 is 6.03 Å². The summed E-state index contributed by atoms with van der Waals surface area (Å²) in [5.74, 6) is -0.231. The number of amides is 3. The average Bonchev–Trinajstić information content (AvgIpc) is 2.08. The van der Waals surface area contributed by atoms with E-state index < -0.39 is 17.7 Å². The van der Waals surface area contributed by atoms with Gasteiger partial charge in [-0.3, -0.25) is 4.79 Å². The summed E-state index contributed by atoms with van der Waals surface area (Å²) < 4.78 is 0. The molecule has 0 aromatic carbocycles. The van der Waals surface area contributed by atoms with Crippen LogP contribution in [-0.2, 0) is 4.79 Å². The predicted molar refractivity (Wildman–Crippen MR) is 58.5 cm³/mol. The zero-order chi connectivity index (χ0) is 12.5. The number of urea groups is 1. The monoisotopic (exact) mass is 229 g/mol. The highest BCUT2D eigenvalue weighted by Crippen LogP contribution is 2.21. The number of nitrogens with one attached hydrogen (secondary N) is 1. The first-order valence-corrected chi connectivity index (χ1v) is 5.30. The topological polar surface area (TPSA) is 95.7 Å². The number of hydrogen-bond donors (Lipinski definition) is 3. The lowest BCUT2D eigenvalue weighted by atomic mass is 9.93. The third kappa shape index (κ3) is 2.85. The van der Waals surface area contributed by atoms with Gasteiger partial charge in [-0.25, -0.2) is 4.79 Å². The van der Waals surface area contributed by atoms with Crippen LogP contribution in [0.2, 0.25) is 0 Å². The van der Waals surface area contributed by atoms with Crippen LogP contribution in [-0.4, -0.2) is 46.7 Å². The highest BCUT2D eigenvalue weighted by atomic mass is 16.3. The normalized spacial score (nSPS) is 20.2. The number of primary amides is 1. The summed E-state index contributed by atoms with van der Waals surface area (Å²) in [6.07, 6.45) is 0. The van der Waals surface area contributed by atoms with Crippen molar-refractivity contribution in [3.05, 3.63) is 0 Å². The number of carbonyl (C=O) groups is 2. The first kappa shape index (κ1) is 12.8. The van der Waals surface area contributed by atoms with Gasteiger partial charge in [0.1, 0.15) is 6.04 Å². The summed E-state index contributed by atoms with van der Waals surface area (Å²) in [4.78, 5) is 24.2. The van der Waals surface area contributed by atoms with E-state index in [2.05, 4.69) is 5.32 Å². The van der Waals surface area contributed by atoms with Gasteiger partial charge in [0.05, 0.1) is 18.7 Å². The van der Waals surface area contributed by atoms with Gasteiger partial charge in [0.25, 0.3) is 0 Å². The van der Waals surface area contributed by atoms with Crippen molar-refractivity contribution in [3.8, 4) is 0 Å². The second-order valence-corrected chi connectivity index (χ2v) is 4.92. The summed E-state index contributed by atoms with van der Waals surface area (Å²) >= 11 is 0. The molecule has 6 heteroatoms. The molecule has 6 nitrogen and oxygen atoms in total. The molecule has 1 unspecified atom stereocenters. The Kier molecular flexibility index (Phi) is 3.42. The molecule has 16 heavy (non-hydrogen) atoms. The fourth-order valence-electron chi connectivity index (χ4n) is 1.80. The highest BCUT2D eigenvalue weighted by molar-refractivity contribution is 5.87. The Labute approximate surface area is 94.8 Å². The van der Waals surface area contributed by atoms with E-state index in [0.29, 0.717) is 13.1 Å². The fourth-order valence-corrected chi connectivity index (χ4v) is 1.80. The van der Waals surface area contributed by atoms with Crippen LogP contribution in [0.15, 0.2) is 0 Å². The lowest BCUT2D eigenvalue weighted by Crippen LogP contribution is -2.66. The molecular weight excluding hydrogens is 210 g/mol. The second-order valence-electron chi connectivity index (χ2n) is 4.92. The van der Waals surface area contributed by atoms with E-state index in [1.165, 1.54) is 4.90 Å². The van der Waals surface area contributed by atoms with Crippen molar-refractivity contribution < 1.29 is 14.7 Å². The molecule has 1 atom stereocenters. The van der Waals surface area contributed by atoms with Crippen LogP contribution in [0.1, 0.15) is 20.8 Å². The van der Waals surface area contributed by atoms with E-state index in [0.717, 1.165) is 0 Å². The summed E-state index contributed by atoms with van der Waals surface area (Å²) in [6.45, 7) is 5.93. The van der Waals surface area contributed by atoms with Crippen LogP contribution >= 0.6 is 0 Å². The molecule has 0 spiro atoms. The zero-order valence-electron chi connectivity index (χ0n) is 9.86. The van der Waals surface area contributed by atoms with Crippen LogP contribution < -0.4 is 11.1 Å². The average molecular weight is 229 g/mol. The molecule has 1 aliphatic heterocycles. The van der Waals surface area contributed by atoms with Gasteiger partial charge in [0, 0.05) is 0 Å². The molecule has 1 heterocycles. The lowest BCUT2D eigenvalue weighted by molar-refractivity contribution is -0.155. The van der Waals surface area contributed by atoms with E-state index in [1.807, 2.05) is 13.8 Å². The number of β-amino-alcohol motifs (C(OH)–C–C–N with tert-alkyl or cyclic N) is 1. The first-order chi connectivity index (χ1) is 7.23. The minimum Gasteiger partial charge on any atom is -0.386 e. The Bertz CT molecular complexity index is 294. The summed E-state index contributed by atoms with van der Waals surface area (Å²) in [7, 11) is 0. The molecular formula is C10H19N3O3. The number of carbonyl (C=O) groups excluding carboxylic acids is 2. The third-order valence-electron chi connectivity index (χ3n) is 2.61. The number of hydrogen-bond acceptors (Lipinski definition) is 3. The van der Waals surface area contributed by atoms with E-state index in [1.54, 1.807) is 6.92 Å². The lowest BCUT2D eigenvalue weighted by Gasteiger charge is -2.45. The maximum absolute atomic E-state index is 11.9. The van der Waals surface area contributed by atoms with Crippen LogP contribution in [0.5, 0.6) is 0 Å². The molecule has 0 bridgehead atoms. The Morgan fingerprint density at radius 1 is 1.44 bits per heavy atom. The molecule has 0 radical (unpaired) electrons. The SMILES string of the molecule is CC(C)C(NC(N)=O)C(=O)N1CC(C)(O)C1. The zero-order valence-corrected chi connectivity index (χ0v) is 9.86. The molecule has 92 valence electrons. The molecule has 4 N–H and O–H groups in total. The largest absolute Gasteiger partial charge is 0.386 e.